The zero-order chi connectivity index (χ0) is 21.7. The quantitative estimate of drug-likeness (QED) is 0.707. The molecule has 1 N–H and O–H groups in total. The molecule has 4 rings (SSSR count). The van der Waals surface area contributed by atoms with Crippen LogP contribution in [0.4, 0.5) is 5.82 Å². The lowest BCUT2D eigenvalue weighted by Crippen LogP contribution is -2.52. The normalized spacial score (nSPS) is 27.2. The Bertz CT molecular complexity index is 918. The molecule has 1 unspecified atom stereocenters. The Hall–Kier alpha value is -2.03. The van der Waals surface area contributed by atoms with Gasteiger partial charge in [-0.2, -0.15) is 0 Å². The molecule has 31 heavy (non-hydrogen) atoms. The van der Waals surface area contributed by atoms with Gasteiger partial charge in [-0.25, -0.2) is 18.1 Å². The maximum atomic E-state index is 11.9. The molecule has 2 aromatic heterocycles. The minimum atomic E-state index is -3.27. The Morgan fingerprint density at radius 3 is 2.61 bits per heavy atom. The Labute approximate surface area is 185 Å². The number of hydrogen-bond donors (Lipinski definition) is 1. The Kier molecular flexibility index (Phi) is 7.20. The van der Waals surface area contributed by atoms with Gasteiger partial charge in [-0.05, 0) is 61.8 Å². The topological polar surface area (TPSA) is 84.4 Å². The smallest absolute Gasteiger partial charge is 0.208 e. The molecule has 0 aromatic carbocycles. The number of aromatic nitrogens is 2. The van der Waals surface area contributed by atoms with Crippen LogP contribution in [0.15, 0.2) is 48.9 Å². The molecule has 168 valence electrons. The molecule has 8 heteroatoms. The molecule has 2 aromatic rings. The van der Waals surface area contributed by atoms with E-state index >= 15 is 0 Å². The molecule has 0 amide bonds. The van der Waals surface area contributed by atoms with Gasteiger partial charge in [-0.3, -0.25) is 4.98 Å². The lowest BCUT2D eigenvalue weighted by molar-refractivity contribution is -0.00215. The predicted molar refractivity (Wildman–Crippen MR) is 122 cm³/mol. The van der Waals surface area contributed by atoms with Crippen molar-refractivity contribution in [2.75, 3.05) is 30.9 Å². The number of rotatable bonds is 7. The molecular formula is C23H32N4O3S. The van der Waals surface area contributed by atoms with Crippen molar-refractivity contribution >= 4 is 15.8 Å². The van der Waals surface area contributed by atoms with Crippen LogP contribution >= 0.6 is 0 Å². The molecule has 1 aliphatic carbocycles. The third-order valence-electron chi connectivity index (χ3n) is 6.45. The fraction of sp³-hybridized carbons (Fsp3) is 0.565. The zero-order valence-corrected chi connectivity index (χ0v) is 18.9. The number of sulfonamides is 1. The fourth-order valence-corrected chi connectivity index (χ4v) is 5.68. The van der Waals surface area contributed by atoms with Gasteiger partial charge >= 0.3 is 0 Å². The van der Waals surface area contributed by atoms with Gasteiger partial charge in [0, 0.05) is 43.6 Å². The zero-order valence-electron chi connectivity index (χ0n) is 18.1. The van der Waals surface area contributed by atoms with Crippen LogP contribution in [0.5, 0.6) is 0 Å². The summed E-state index contributed by atoms with van der Waals surface area (Å²) in [6.45, 7) is 2.06. The van der Waals surface area contributed by atoms with Crippen molar-refractivity contribution < 1.29 is 13.2 Å². The number of nitrogens with zero attached hydrogens (tertiary/aromatic N) is 3. The summed E-state index contributed by atoms with van der Waals surface area (Å²) in [6.07, 6.45) is 12.1. The van der Waals surface area contributed by atoms with Crippen LogP contribution in [-0.2, 0) is 14.8 Å². The summed E-state index contributed by atoms with van der Waals surface area (Å²) >= 11 is 0. The third kappa shape index (κ3) is 6.24. The molecule has 2 aliphatic rings. The van der Waals surface area contributed by atoms with Crippen LogP contribution in [0.2, 0.25) is 0 Å². The van der Waals surface area contributed by atoms with Crippen molar-refractivity contribution in [1.82, 2.24) is 14.7 Å². The first-order valence-corrected chi connectivity index (χ1v) is 13.0. The van der Waals surface area contributed by atoms with Crippen LogP contribution in [0.1, 0.15) is 43.6 Å². The monoisotopic (exact) mass is 444 g/mol. The minimum Gasteiger partial charge on any atom is -0.378 e. The number of ether oxygens (including phenoxy) is 1. The molecule has 1 aliphatic heterocycles. The summed E-state index contributed by atoms with van der Waals surface area (Å²) in [5.74, 6) is 1.58. The van der Waals surface area contributed by atoms with Gasteiger partial charge in [0.1, 0.15) is 5.82 Å². The van der Waals surface area contributed by atoms with Gasteiger partial charge in [0.05, 0.1) is 19.0 Å². The van der Waals surface area contributed by atoms with Gasteiger partial charge in [0.25, 0.3) is 0 Å². The van der Waals surface area contributed by atoms with Crippen molar-refractivity contribution in [3.63, 3.8) is 0 Å². The Morgan fingerprint density at radius 2 is 1.94 bits per heavy atom. The van der Waals surface area contributed by atoms with Crippen molar-refractivity contribution in [3.8, 4) is 0 Å². The first-order chi connectivity index (χ1) is 15.0. The van der Waals surface area contributed by atoms with Gasteiger partial charge in [0.2, 0.25) is 10.0 Å². The SMILES string of the molecule is CS(=O)(=O)NC1CCN(c2ccccn2)C[C@H]1COC1CCC(c2cccnc2)CC1. The number of nitrogens with one attached hydrogen (secondary N) is 1. The summed E-state index contributed by atoms with van der Waals surface area (Å²) in [7, 11) is -3.27. The average Bonchev–Trinajstić information content (AvgIpc) is 2.79. The maximum Gasteiger partial charge on any atom is 0.208 e. The van der Waals surface area contributed by atoms with Crippen LogP contribution < -0.4 is 9.62 Å². The third-order valence-corrected chi connectivity index (χ3v) is 7.18. The van der Waals surface area contributed by atoms with E-state index in [1.54, 1.807) is 6.20 Å². The second kappa shape index (κ2) is 10.1. The van der Waals surface area contributed by atoms with Gasteiger partial charge in [0.15, 0.2) is 0 Å². The van der Waals surface area contributed by atoms with E-state index in [0.717, 1.165) is 51.0 Å². The Balaban J connectivity index is 1.34. The standard InChI is InChI=1S/C23H32N4O3S/c1-31(28,29)26-22-11-14-27(23-6-2-3-13-25-23)16-20(22)17-30-21-9-7-18(8-10-21)19-5-4-12-24-15-19/h2-6,12-13,15,18,20-22,26H,7-11,14,16-17H2,1H3/t18?,20-,21?,22?/m0/s1. The van der Waals surface area contributed by atoms with Gasteiger partial charge in [-0.1, -0.05) is 12.1 Å². The van der Waals surface area contributed by atoms with E-state index < -0.39 is 10.0 Å². The second-order valence-electron chi connectivity index (χ2n) is 8.77. The van der Waals surface area contributed by atoms with Crippen molar-refractivity contribution in [3.05, 3.63) is 54.5 Å². The maximum absolute atomic E-state index is 11.9. The largest absolute Gasteiger partial charge is 0.378 e. The molecule has 2 atom stereocenters. The molecule has 7 nitrogen and oxygen atoms in total. The summed E-state index contributed by atoms with van der Waals surface area (Å²) < 4.78 is 33.0. The van der Waals surface area contributed by atoms with Crippen LogP contribution in [0.3, 0.4) is 0 Å². The van der Waals surface area contributed by atoms with E-state index in [1.807, 2.05) is 36.7 Å². The number of hydrogen-bond acceptors (Lipinski definition) is 6. The van der Waals surface area contributed by atoms with Crippen LogP contribution in [0, 0.1) is 5.92 Å². The average molecular weight is 445 g/mol. The highest BCUT2D eigenvalue weighted by Crippen LogP contribution is 2.34. The van der Waals surface area contributed by atoms with Crippen molar-refractivity contribution in [2.24, 2.45) is 5.92 Å². The van der Waals surface area contributed by atoms with E-state index in [-0.39, 0.29) is 18.1 Å². The first-order valence-electron chi connectivity index (χ1n) is 11.1. The highest BCUT2D eigenvalue weighted by Gasteiger charge is 2.33. The highest BCUT2D eigenvalue weighted by molar-refractivity contribution is 7.88. The van der Waals surface area contributed by atoms with E-state index in [4.69, 9.17) is 4.74 Å². The summed E-state index contributed by atoms with van der Waals surface area (Å²) in [6, 6.07) is 9.95. The second-order valence-corrected chi connectivity index (χ2v) is 10.6. The van der Waals surface area contributed by atoms with Crippen LogP contribution in [0.25, 0.3) is 0 Å². The van der Waals surface area contributed by atoms with Crippen molar-refractivity contribution in [2.45, 2.75) is 50.2 Å². The minimum absolute atomic E-state index is 0.0847. The van der Waals surface area contributed by atoms with Crippen molar-refractivity contribution in [1.29, 1.82) is 0 Å². The molecule has 0 bridgehead atoms. The molecular weight excluding hydrogens is 412 g/mol. The van der Waals surface area contributed by atoms with Crippen LogP contribution in [-0.4, -0.2) is 56.5 Å². The molecule has 2 fully saturated rings. The number of pyridine rings is 2. The van der Waals surface area contributed by atoms with E-state index in [2.05, 4.69) is 25.7 Å². The highest BCUT2D eigenvalue weighted by atomic mass is 32.2. The fourth-order valence-electron chi connectivity index (χ4n) is 4.82. The summed E-state index contributed by atoms with van der Waals surface area (Å²) in [5, 5.41) is 0. The predicted octanol–water partition coefficient (Wildman–Crippen LogP) is 2.96. The number of anilines is 1. The summed E-state index contributed by atoms with van der Waals surface area (Å²) in [5.41, 5.74) is 1.32. The Morgan fingerprint density at radius 1 is 1.10 bits per heavy atom. The van der Waals surface area contributed by atoms with Gasteiger partial charge < -0.3 is 9.64 Å². The molecule has 0 radical (unpaired) electrons. The lowest BCUT2D eigenvalue weighted by Gasteiger charge is -2.40. The van der Waals surface area contributed by atoms with E-state index in [1.165, 1.54) is 11.8 Å². The molecule has 0 spiro atoms. The van der Waals surface area contributed by atoms with Gasteiger partial charge in [-0.15, -0.1) is 0 Å². The number of piperidine rings is 1. The molecule has 1 saturated heterocycles. The first kappa shape index (κ1) is 22.2. The molecule has 3 heterocycles. The van der Waals surface area contributed by atoms with E-state index in [0.29, 0.717) is 12.5 Å². The molecule has 1 saturated carbocycles. The summed E-state index contributed by atoms with van der Waals surface area (Å²) in [4.78, 5) is 10.9. The van der Waals surface area contributed by atoms with E-state index in [9.17, 15) is 8.42 Å². The lowest BCUT2D eigenvalue weighted by atomic mass is 9.83.